The summed E-state index contributed by atoms with van der Waals surface area (Å²) in [6, 6.07) is 15.2. The number of carboxylic acid groups (broad SMARTS) is 1. The lowest BCUT2D eigenvalue weighted by molar-refractivity contribution is -0.147. The number of benzene rings is 2. The van der Waals surface area contributed by atoms with Crippen molar-refractivity contribution in [2.75, 3.05) is 13.2 Å². The Kier molecular flexibility index (Phi) is 7.20. The van der Waals surface area contributed by atoms with Gasteiger partial charge in [0.1, 0.15) is 19.2 Å². The molecule has 2 N–H and O–H groups in total. The molecule has 0 saturated heterocycles. The molecule has 4 rings (SSSR count). The third-order valence-electron chi connectivity index (χ3n) is 6.91. The van der Waals surface area contributed by atoms with Crippen molar-refractivity contribution in [3.8, 4) is 11.1 Å². The summed E-state index contributed by atoms with van der Waals surface area (Å²) in [7, 11) is 0. The minimum absolute atomic E-state index is 0.0700. The molecule has 0 heterocycles. The Morgan fingerprint density at radius 1 is 1.06 bits per heavy atom. The molecule has 7 nitrogen and oxygen atoms in total. The van der Waals surface area contributed by atoms with Gasteiger partial charge >= 0.3 is 12.1 Å². The third kappa shape index (κ3) is 5.24. The van der Waals surface area contributed by atoms with Gasteiger partial charge in [-0.25, -0.2) is 4.79 Å². The van der Waals surface area contributed by atoms with Crippen molar-refractivity contribution in [2.24, 2.45) is 5.92 Å². The van der Waals surface area contributed by atoms with Crippen LogP contribution in [0.25, 0.3) is 11.1 Å². The van der Waals surface area contributed by atoms with Crippen molar-refractivity contribution in [2.45, 2.75) is 57.5 Å². The molecule has 2 aromatic carbocycles. The van der Waals surface area contributed by atoms with E-state index in [-0.39, 0.29) is 31.0 Å². The van der Waals surface area contributed by atoms with Crippen LogP contribution in [0.15, 0.2) is 48.5 Å². The second-order valence-electron chi connectivity index (χ2n) is 9.32. The molecular weight excluding hydrogens is 432 g/mol. The molecule has 0 spiro atoms. The highest BCUT2D eigenvalue weighted by Gasteiger charge is 2.35. The monoisotopic (exact) mass is 464 g/mol. The molecular formula is C27H32N2O5. The Bertz CT molecular complexity index is 1020. The zero-order valence-electron chi connectivity index (χ0n) is 19.7. The Labute approximate surface area is 200 Å². The maximum absolute atomic E-state index is 13.3. The molecule has 180 valence electrons. The van der Waals surface area contributed by atoms with E-state index in [1.807, 2.05) is 38.1 Å². The van der Waals surface area contributed by atoms with Gasteiger partial charge < -0.3 is 20.1 Å². The first-order valence-electron chi connectivity index (χ1n) is 12.0. The average molecular weight is 465 g/mol. The van der Waals surface area contributed by atoms with Crippen molar-refractivity contribution >= 4 is 18.0 Å². The molecule has 2 aromatic rings. The highest BCUT2D eigenvalue weighted by atomic mass is 16.5. The van der Waals surface area contributed by atoms with E-state index in [4.69, 9.17) is 4.74 Å². The summed E-state index contributed by atoms with van der Waals surface area (Å²) in [6.07, 6.45) is 2.49. The zero-order chi connectivity index (χ0) is 24.2. The van der Waals surface area contributed by atoms with Gasteiger partial charge in [-0.15, -0.1) is 0 Å². The minimum atomic E-state index is -1.07. The first-order chi connectivity index (χ1) is 16.4. The van der Waals surface area contributed by atoms with Crippen LogP contribution in [0.4, 0.5) is 4.79 Å². The van der Waals surface area contributed by atoms with Crippen molar-refractivity contribution in [3.63, 3.8) is 0 Å². The molecule has 0 bridgehead atoms. The van der Waals surface area contributed by atoms with Gasteiger partial charge in [-0.2, -0.15) is 0 Å². The fraction of sp³-hybridized carbons (Fsp3) is 0.444. The Morgan fingerprint density at radius 3 is 2.18 bits per heavy atom. The van der Waals surface area contributed by atoms with E-state index in [9.17, 15) is 19.5 Å². The first-order valence-corrected chi connectivity index (χ1v) is 12.0. The van der Waals surface area contributed by atoms with Crippen molar-refractivity contribution < 1.29 is 24.2 Å². The molecule has 1 unspecified atom stereocenters. The Hall–Kier alpha value is -3.35. The molecule has 2 amide bonds. The number of amides is 2. The number of rotatable bonds is 10. The number of hydrogen-bond acceptors (Lipinski definition) is 4. The number of alkyl carbamates (subject to hydrolysis) is 1. The highest BCUT2D eigenvalue weighted by molar-refractivity contribution is 5.88. The zero-order valence-corrected chi connectivity index (χ0v) is 19.7. The van der Waals surface area contributed by atoms with E-state index in [0.29, 0.717) is 18.8 Å². The van der Waals surface area contributed by atoms with Crippen LogP contribution in [0.2, 0.25) is 0 Å². The fourth-order valence-corrected chi connectivity index (χ4v) is 4.71. The second-order valence-corrected chi connectivity index (χ2v) is 9.32. The van der Waals surface area contributed by atoms with Crippen LogP contribution in [-0.4, -0.2) is 53.2 Å². The van der Waals surface area contributed by atoms with Gasteiger partial charge in [0.2, 0.25) is 5.91 Å². The molecule has 2 aliphatic rings. The lowest BCUT2D eigenvalue weighted by Crippen LogP contribution is -2.53. The SMILES string of the molecule is CCC(C)N(CC(=O)O)C(=O)[C@H](CC1CC1)NC(=O)OCC1c2ccccc2-c2ccccc21. The van der Waals surface area contributed by atoms with Crippen molar-refractivity contribution in [3.05, 3.63) is 59.7 Å². The Morgan fingerprint density at radius 2 is 1.65 bits per heavy atom. The second kappa shape index (κ2) is 10.3. The number of carbonyl (C=O) groups is 3. The largest absolute Gasteiger partial charge is 0.480 e. The van der Waals surface area contributed by atoms with Crippen LogP contribution >= 0.6 is 0 Å². The summed E-state index contributed by atoms with van der Waals surface area (Å²) in [4.78, 5) is 38.8. The molecule has 2 atom stereocenters. The van der Waals surface area contributed by atoms with Crippen LogP contribution in [0.3, 0.4) is 0 Å². The molecule has 0 aliphatic heterocycles. The van der Waals surface area contributed by atoms with Crippen LogP contribution in [-0.2, 0) is 14.3 Å². The van der Waals surface area contributed by atoms with E-state index >= 15 is 0 Å². The molecule has 1 fully saturated rings. The fourth-order valence-electron chi connectivity index (χ4n) is 4.71. The van der Waals surface area contributed by atoms with Crippen molar-refractivity contribution in [1.82, 2.24) is 10.2 Å². The maximum atomic E-state index is 13.3. The van der Waals surface area contributed by atoms with E-state index in [1.165, 1.54) is 4.90 Å². The first kappa shape index (κ1) is 23.8. The number of carboxylic acids is 1. The van der Waals surface area contributed by atoms with Gasteiger partial charge in [0.05, 0.1) is 0 Å². The predicted octanol–water partition coefficient (Wildman–Crippen LogP) is 4.41. The molecule has 1 saturated carbocycles. The molecule has 7 heteroatoms. The average Bonchev–Trinajstić information content (AvgIpc) is 3.60. The summed E-state index contributed by atoms with van der Waals surface area (Å²) in [5, 5.41) is 12.0. The van der Waals surface area contributed by atoms with Crippen LogP contribution in [0, 0.1) is 5.92 Å². The summed E-state index contributed by atoms with van der Waals surface area (Å²) in [5.74, 6) is -1.14. The normalized spacial score (nSPS) is 16.2. The molecule has 34 heavy (non-hydrogen) atoms. The summed E-state index contributed by atoms with van der Waals surface area (Å²) in [6.45, 7) is 3.50. The number of fused-ring (bicyclic) bond motifs is 3. The van der Waals surface area contributed by atoms with E-state index in [2.05, 4.69) is 29.6 Å². The standard InChI is InChI=1S/C27H32N2O5/c1-3-17(2)29(15-25(30)31)26(32)24(14-18-12-13-18)28-27(33)34-16-23-21-10-6-4-8-19(21)20-9-5-7-11-22(20)23/h4-11,17-18,23-24H,3,12-16H2,1-2H3,(H,28,33)(H,30,31)/t17?,24-/m0/s1. The van der Waals surface area contributed by atoms with Crippen LogP contribution < -0.4 is 5.32 Å². The van der Waals surface area contributed by atoms with Gasteiger partial charge in [0.15, 0.2) is 0 Å². The number of aliphatic carboxylic acids is 1. The van der Waals surface area contributed by atoms with Gasteiger partial charge in [-0.05, 0) is 47.9 Å². The number of ether oxygens (including phenoxy) is 1. The van der Waals surface area contributed by atoms with E-state index in [0.717, 1.165) is 35.1 Å². The van der Waals surface area contributed by atoms with Gasteiger partial charge in [-0.3, -0.25) is 9.59 Å². The lowest BCUT2D eigenvalue weighted by atomic mass is 9.98. The molecule has 0 radical (unpaired) electrons. The van der Waals surface area contributed by atoms with Gasteiger partial charge in [0.25, 0.3) is 0 Å². The summed E-state index contributed by atoms with van der Waals surface area (Å²) < 4.78 is 5.63. The Balaban J connectivity index is 1.45. The summed E-state index contributed by atoms with van der Waals surface area (Å²) in [5.41, 5.74) is 4.52. The van der Waals surface area contributed by atoms with Crippen molar-refractivity contribution in [1.29, 1.82) is 0 Å². The molecule has 0 aromatic heterocycles. The molecule has 2 aliphatic carbocycles. The smallest absolute Gasteiger partial charge is 0.407 e. The number of carbonyl (C=O) groups excluding carboxylic acids is 2. The number of nitrogens with one attached hydrogen (secondary N) is 1. The topological polar surface area (TPSA) is 95.9 Å². The maximum Gasteiger partial charge on any atom is 0.407 e. The van der Waals surface area contributed by atoms with Gasteiger partial charge in [0, 0.05) is 12.0 Å². The highest BCUT2D eigenvalue weighted by Crippen LogP contribution is 2.44. The van der Waals surface area contributed by atoms with Gasteiger partial charge in [-0.1, -0.05) is 68.3 Å². The number of hydrogen-bond donors (Lipinski definition) is 2. The van der Waals surface area contributed by atoms with E-state index < -0.39 is 18.1 Å². The predicted molar refractivity (Wildman–Crippen MR) is 128 cm³/mol. The van der Waals surface area contributed by atoms with E-state index in [1.54, 1.807) is 0 Å². The number of nitrogens with zero attached hydrogens (tertiary/aromatic N) is 1. The van der Waals surface area contributed by atoms with Crippen LogP contribution in [0.5, 0.6) is 0 Å². The lowest BCUT2D eigenvalue weighted by Gasteiger charge is -2.31. The minimum Gasteiger partial charge on any atom is -0.480 e. The summed E-state index contributed by atoms with van der Waals surface area (Å²) >= 11 is 0. The third-order valence-corrected chi connectivity index (χ3v) is 6.91. The van der Waals surface area contributed by atoms with Crippen LogP contribution in [0.1, 0.15) is 56.6 Å². The quantitative estimate of drug-likeness (QED) is 0.543.